The van der Waals surface area contributed by atoms with Crippen molar-refractivity contribution in [2.45, 2.75) is 6.92 Å². The number of hydrogen-bond donors (Lipinski definition) is 0. The molecule has 1 aromatic carbocycles. The fourth-order valence-electron chi connectivity index (χ4n) is 1.50. The third-order valence-corrected chi connectivity index (χ3v) is 2.76. The molecule has 0 spiro atoms. The van der Waals surface area contributed by atoms with Crippen molar-refractivity contribution in [1.29, 1.82) is 0 Å². The minimum atomic E-state index is -0.377. The number of benzene rings is 1. The Bertz CT molecular complexity index is 566. The van der Waals surface area contributed by atoms with Gasteiger partial charge in [-0.1, -0.05) is 15.9 Å². The molecule has 0 bridgehead atoms. The lowest BCUT2D eigenvalue weighted by Gasteiger charge is -2.07. The second-order valence-electron chi connectivity index (χ2n) is 3.44. The Labute approximate surface area is 107 Å². The zero-order valence-corrected chi connectivity index (χ0v) is 10.9. The van der Waals surface area contributed by atoms with Gasteiger partial charge in [-0.05, 0) is 25.1 Å². The Kier molecular flexibility index (Phi) is 3.23. The van der Waals surface area contributed by atoms with Crippen LogP contribution in [0.25, 0.3) is 5.69 Å². The molecule has 2 rings (SSSR count). The van der Waals surface area contributed by atoms with E-state index in [-0.39, 0.29) is 5.97 Å². The first-order valence-electron chi connectivity index (χ1n) is 4.87. The summed E-state index contributed by atoms with van der Waals surface area (Å²) in [6, 6.07) is 5.31. The van der Waals surface area contributed by atoms with Crippen LogP contribution >= 0.6 is 15.9 Å². The standard InChI is InChI=1S/C11H10BrN3O2/c1-7-14-13-6-15(7)10-4-8(11(16)17-2)3-9(12)5-10/h3-6H,1-2H3. The monoisotopic (exact) mass is 295 g/mol. The summed E-state index contributed by atoms with van der Waals surface area (Å²) < 4.78 is 7.28. The summed E-state index contributed by atoms with van der Waals surface area (Å²) in [5.41, 5.74) is 1.28. The van der Waals surface area contributed by atoms with Crippen LogP contribution in [0.15, 0.2) is 29.0 Å². The highest BCUT2D eigenvalue weighted by Gasteiger charge is 2.10. The van der Waals surface area contributed by atoms with E-state index in [1.54, 1.807) is 23.0 Å². The van der Waals surface area contributed by atoms with Crippen molar-refractivity contribution in [3.8, 4) is 5.69 Å². The quantitative estimate of drug-likeness (QED) is 0.797. The molecule has 0 amide bonds. The smallest absolute Gasteiger partial charge is 0.337 e. The number of methoxy groups -OCH3 is 1. The van der Waals surface area contributed by atoms with Gasteiger partial charge < -0.3 is 4.74 Å². The van der Waals surface area contributed by atoms with E-state index >= 15 is 0 Å². The zero-order chi connectivity index (χ0) is 12.4. The molecule has 1 heterocycles. The van der Waals surface area contributed by atoms with E-state index < -0.39 is 0 Å². The van der Waals surface area contributed by atoms with Gasteiger partial charge in [-0.2, -0.15) is 0 Å². The summed E-state index contributed by atoms with van der Waals surface area (Å²) in [5.74, 6) is 0.372. The Morgan fingerprint density at radius 2 is 2.18 bits per heavy atom. The van der Waals surface area contributed by atoms with Crippen LogP contribution in [0.2, 0.25) is 0 Å². The normalized spacial score (nSPS) is 10.3. The number of carbonyl (C=O) groups excluding carboxylic acids is 1. The lowest BCUT2D eigenvalue weighted by Crippen LogP contribution is -2.03. The summed E-state index contributed by atoms with van der Waals surface area (Å²) in [6.45, 7) is 1.84. The number of aryl methyl sites for hydroxylation is 1. The third-order valence-electron chi connectivity index (χ3n) is 2.30. The summed E-state index contributed by atoms with van der Waals surface area (Å²) in [6.07, 6.45) is 1.60. The van der Waals surface area contributed by atoms with Crippen molar-refractivity contribution in [3.63, 3.8) is 0 Å². The molecular formula is C11H10BrN3O2. The van der Waals surface area contributed by atoms with Crippen LogP contribution < -0.4 is 0 Å². The summed E-state index contributed by atoms with van der Waals surface area (Å²) in [5, 5.41) is 7.70. The van der Waals surface area contributed by atoms with Crippen LogP contribution in [0.1, 0.15) is 16.2 Å². The van der Waals surface area contributed by atoms with Crippen LogP contribution in [0, 0.1) is 6.92 Å². The van der Waals surface area contributed by atoms with Gasteiger partial charge in [0.15, 0.2) is 0 Å². The molecule has 1 aromatic heterocycles. The molecular weight excluding hydrogens is 286 g/mol. The molecule has 88 valence electrons. The highest BCUT2D eigenvalue weighted by Crippen LogP contribution is 2.20. The fourth-order valence-corrected chi connectivity index (χ4v) is 1.98. The minimum absolute atomic E-state index is 0.377. The summed E-state index contributed by atoms with van der Waals surface area (Å²) >= 11 is 3.36. The molecule has 6 heteroatoms. The summed E-state index contributed by atoms with van der Waals surface area (Å²) in [4.78, 5) is 11.5. The molecule has 0 aliphatic rings. The number of carbonyl (C=O) groups is 1. The number of aromatic nitrogens is 3. The molecule has 2 aromatic rings. The van der Waals surface area contributed by atoms with Gasteiger partial charge in [0.05, 0.1) is 18.4 Å². The number of rotatable bonds is 2. The van der Waals surface area contributed by atoms with Crippen molar-refractivity contribution in [2.24, 2.45) is 0 Å². The predicted octanol–water partition coefficient (Wildman–Crippen LogP) is 2.12. The Morgan fingerprint density at radius 3 is 2.76 bits per heavy atom. The van der Waals surface area contributed by atoms with Crippen molar-refractivity contribution >= 4 is 21.9 Å². The number of esters is 1. The molecule has 0 aliphatic carbocycles. The number of ether oxygens (including phenoxy) is 1. The first kappa shape index (κ1) is 11.8. The predicted molar refractivity (Wildman–Crippen MR) is 65.1 cm³/mol. The van der Waals surface area contributed by atoms with Crippen molar-refractivity contribution < 1.29 is 9.53 Å². The van der Waals surface area contributed by atoms with Crippen LogP contribution in [0.4, 0.5) is 0 Å². The molecule has 17 heavy (non-hydrogen) atoms. The van der Waals surface area contributed by atoms with Crippen LogP contribution in [0.3, 0.4) is 0 Å². The average molecular weight is 296 g/mol. The maximum atomic E-state index is 11.5. The van der Waals surface area contributed by atoms with Crippen molar-refractivity contribution in [3.05, 3.63) is 40.4 Å². The molecule has 0 radical (unpaired) electrons. The Hall–Kier alpha value is -1.69. The average Bonchev–Trinajstić information content (AvgIpc) is 2.73. The van der Waals surface area contributed by atoms with E-state index in [0.29, 0.717) is 5.56 Å². The van der Waals surface area contributed by atoms with Gasteiger partial charge in [-0.15, -0.1) is 10.2 Å². The molecule has 0 fully saturated rings. The minimum Gasteiger partial charge on any atom is -0.465 e. The first-order chi connectivity index (χ1) is 8.11. The van der Waals surface area contributed by atoms with Crippen LogP contribution in [-0.4, -0.2) is 27.8 Å². The Morgan fingerprint density at radius 1 is 1.41 bits per heavy atom. The second-order valence-corrected chi connectivity index (χ2v) is 4.35. The van der Waals surface area contributed by atoms with E-state index in [0.717, 1.165) is 16.0 Å². The third kappa shape index (κ3) is 2.36. The largest absolute Gasteiger partial charge is 0.465 e. The molecule has 0 saturated carbocycles. The van der Waals surface area contributed by atoms with Crippen LogP contribution in [-0.2, 0) is 4.74 Å². The zero-order valence-electron chi connectivity index (χ0n) is 9.35. The lowest BCUT2D eigenvalue weighted by molar-refractivity contribution is 0.0600. The number of hydrogen-bond acceptors (Lipinski definition) is 4. The van der Waals surface area contributed by atoms with Crippen molar-refractivity contribution in [2.75, 3.05) is 7.11 Å². The van der Waals surface area contributed by atoms with E-state index in [4.69, 9.17) is 4.74 Å². The molecule has 5 nitrogen and oxygen atoms in total. The summed E-state index contributed by atoms with van der Waals surface area (Å²) in [7, 11) is 1.35. The molecule has 0 aliphatic heterocycles. The first-order valence-corrected chi connectivity index (χ1v) is 5.67. The van der Waals surface area contributed by atoms with Gasteiger partial charge in [-0.3, -0.25) is 4.57 Å². The van der Waals surface area contributed by atoms with E-state index in [9.17, 15) is 4.79 Å². The molecule has 0 unspecified atom stereocenters. The van der Waals surface area contributed by atoms with Gasteiger partial charge in [0, 0.05) is 4.47 Å². The maximum absolute atomic E-state index is 11.5. The molecule has 0 atom stereocenters. The number of halogens is 1. The highest BCUT2D eigenvalue weighted by molar-refractivity contribution is 9.10. The lowest BCUT2D eigenvalue weighted by atomic mass is 10.2. The van der Waals surface area contributed by atoms with Gasteiger partial charge in [-0.25, -0.2) is 4.79 Å². The molecule has 0 saturated heterocycles. The van der Waals surface area contributed by atoms with Crippen LogP contribution in [0.5, 0.6) is 0 Å². The fraction of sp³-hybridized carbons (Fsp3) is 0.182. The van der Waals surface area contributed by atoms with Gasteiger partial charge in [0.2, 0.25) is 0 Å². The Balaban J connectivity index is 2.53. The highest BCUT2D eigenvalue weighted by atomic mass is 79.9. The van der Waals surface area contributed by atoms with Gasteiger partial charge in [0.25, 0.3) is 0 Å². The SMILES string of the molecule is COC(=O)c1cc(Br)cc(-n2cnnc2C)c1. The maximum Gasteiger partial charge on any atom is 0.337 e. The van der Waals surface area contributed by atoms with E-state index in [2.05, 4.69) is 26.1 Å². The van der Waals surface area contributed by atoms with E-state index in [1.165, 1.54) is 7.11 Å². The van der Waals surface area contributed by atoms with Gasteiger partial charge >= 0.3 is 5.97 Å². The molecule has 0 N–H and O–H groups in total. The second kappa shape index (κ2) is 4.67. The van der Waals surface area contributed by atoms with Gasteiger partial charge in [0.1, 0.15) is 12.2 Å². The van der Waals surface area contributed by atoms with E-state index in [1.807, 2.05) is 13.0 Å². The number of nitrogens with zero attached hydrogens (tertiary/aromatic N) is 3. The van der Waals surface area contributed by atoms with Crippen molar-refractivity contribution in [1.82, 2.24) is 14.8 Å². The topological polar surface area (TPSA) is 57.0 Å².